The SMILES string of the molecule is CC1(C)C[C@H](CS(=O)(=O)c2ccccc2)[C@H]1O. The number of aliphatic hydroxyl groups excluding tert-OH is 1. The first kappa shape index (κ1) is 12.6. The number of rotatable bonds is 3. The second kappa shape index (κ2) is 4.10. The standard InChI is InChI=1S/C13H18O3S/c1-13(2)8-10(12(13)14)9-17(15,16)11-6-4-3-5-7-11/h3-7,10,12,14H,8-9H2,1-2H3/t10-,12-/m1/s1. The van der Waals surface area contributed by atoms with Crippen molar-refractivity contribution in [2.75, 3.05) is 5.75 Å². The van der Waals surface area contributed by atoms with Crippen molar-refractivity contribution in [1.29, 1.82) is 0 Å². The molecule has 3 nitrogen and oxygen atoms in total. The van der Waals surface area contributed by atoms with E-state index in [1.54, 1.807) is 30.3 Å². The Balaban J connectivity index is 2.11. The summed E-state index contributed by atoms with van der Waals surface area (Å²) in [6, 6.07) is 8.43. The van der Waals surface area contributed by atoms with Gasteiger partial charge in [-0.2, -0.15) is 0 Å². The molecule has 1 aliphatic rings. The molecule has 17 heavy (non-hydrogen) atoms. The van der Waals surface area contributed by atoms with Crippen LogP contribution in [0.25, 0.3) is 0 Å². The Morgan fingerprint density at radius 2 is 1.88 bits per heavy atom. The molecular formula is C13H18O3S. The lowest BCUT2D eigenvalue weighted by Crippen LogP contribution is -2.51. The van der Waals surface area contributed by atoms with Crippen LogP contribution in [0.2, 0.25) is 0 Å². The van der Waals surface area contributed by atoms with Crippen LogP contribution in [0.15, 0.2) is 35.2 Å². The third-order valence-corrected chi connectivity index (χ3v) is 5.43. The summed E-state index contributed by atoms with van der Waals surface area (Å²) < 4.78 is 24.2. The Bertz CT molecular complexity index is 491. The van der Waals surface area contributed by atoms with Crippen LogP contribution >= 0.6 is 0 Å². The van der Waals surface area contributed by atoms with Crippen LogP contribution in [0, 0.1) is 11.3 Å². The average Bonchev–Trinajstić information content (AvgIpc) is 2.29. The topological polar surface area (TPSA) is 54.4 Å². The molecule has 1 aliphatic carbocycles. The highest BCUT2D eigenvalue weighted by molar-refractivity contribution is 7.91. The molecule has 2 atom stereocenters. The molecule has 1 N–H and O–H groups in total. The first-order chi connectivity index (χ1) is 7.83. The van der Waals surface area contributed by atoms with Crippen LogP contribution in [-0.4, -0.2) is 25.4 Å². The zero-order valence-corrected chi connectivity index (χ0v) is 10.9. The second-order valence-corrected chi connectivity index (χ2v) is 7.53. The highest BCUT2D eigenvalue weighted by atomic mass is 32.2. The van der Waals surface area contributed by atoms with Crippen LogP contribution < -0.4 is 0 Å². The van der Waals surface area contributed by atoms with E-state index in [0.29, 0.717) is 4.90 Å². The minimum Gasteiger partial charge on any atom is -0.392 e. The Morgan fingerprint density at radius 1 is 1.29 bits per heavy atom. The summed E-state index contributed by atoms with van der Waals surface area (Å²) in [5.74, 6) is -0.0862. The molecular weight excluding hydrogens is 236 g/mol. The van der Waals surface area contributed by atoms with Gasteiger partial charge in [0.05, 0.1) is 16.8 Å². The minimum atomic E-state index is -3.26. The molecule has 0 unspecified atom stereocenters. The molecule has 0 saturated heterocycles. The van der Waals surface area contributed by atoms with Crippen molar-refractivity contribution >= 4 is 9.84 Å². The van der Waals surface area contributed by atoms with Crippen molar-refractivity contribution < 1.29 is 13.5 Å². The fourth-order valence-electron chi connectivity index (χ4n) is 2.54. The first-order valence-corrected chi connectivity index (χ1v) is 7.44. The number of aliphatic hydroxyl groups is 1. The zero-order valence-electron chi connectivity index (χ0n) is 10.1. The van der Waals surface area contributed by atoms with Crippen LogP contribution in [0.4, 0.5) is 0 Å². The maximum Gasteiger partial charge on any atom is 0.178 e. The summed E-state index contributed by atoms with van der Waals surface area (Å²) >= 11 is 0. The van der Waals surface area contributed by atoms with Gasteiger partial charge in [0.15, 0.2) is 9.84 Å². The van der Waals surface area contributed by atoms with Crippen molar-refractivity contribution in [3.8, 4) is 0 Å². The fourth-order valence-corrected chi connectivity index (χ4v) is 4.17. The van der Waals surface area contributed by atoms with Gasteiger partial charge in [-0.15, -0.1) is 0 Å². The van der Waals surface area contributed by atoms with Crippen LogP contribution in [0.5, 0.6) is 0 Å². The summed E-state index contributed by atoms with van der Waals surface area (Å²) in [7, 11) is -3.26. The van der Waals surface area contributed by atoms with E-state index in [2.05, 4.69) is 0 Å². The zero-order chi connectivity index (χ0) is 12.7. The van der Waals surface area contributed by atoms with Crippen LogP contribution in [0.3, 0.4) is 0 Å². The minimum absolute atomic E-state index is 0.0433. The summed E-state index contributed by atoms with van der Waals surface area (Å²) in [5, 5.41) is 9.88. The Labute approximate surface area is 102 Å². The largest absolute Gasteiger partial charge is 0.392 e. The smallest absolute Gasteiger partial charge is 0.178 e. The number of hydrogen-bond donors (Lipinski definition) is 1. The maximum absolute atomic E-state index is 12.1. The molecule has 1 aromatic carbocycles. The summed E-state index contributed by atoms with van der Waals surface area (Å²) in [6.07, 6.45) is 0.251. The fraction of sp³-hybridized carbons (Fsp3) is 0.538. The lowest BCUT2D eigenvalue weighted by molar-refractivity contribution is -0.0887. The molecule has 94 valence electrons. The van der Waals surface area contributed by atoms with Gasteiger partial charge < -0.3 is 5.11 Å². The molecule has 0 aromatic heterocycles. The van der Waals surface area contributed by atoms with Gasteiger partial charge in [0, 0.05) is 5.92 Å². The molecule has 0 spiro atoms. The van der Waals surface area contributed by atoms with E-state index < -0.39 is 15.9 Å². The Morgan fingerprint density at radius 3 is 2.35 bits per heavy atom. The predicted octanol–water partition coefficient (Wildman–Crippen LogP) is 1.87. The highest BCUT2D eigenvalue weighted by Gasteiger charge is 2.47. The van der Waals surface area contributed by atoms with Gasteiger partial charge in [-0.3, -0.25) is 0 Å². The van der Waals surface area contributed by atoms with Crippen molar-refractivity contribution in [1.82, 2.24) is 0 Å². The normalized spacial score (nSPS) is 27.5. The second-order valence-electron chi connectivity index (χ2n) is 5.49. The van der Waals surface area contributed by atoms with E-state index in [-0.39, 0.29) is 17.1 Å². The van der Waals surface area contributed by atoms with Crippen molar-refractivity contribution in [2.45, 2.75) is 31.3 Å². The Kier molecular flexibility index (Phi) is 3.04. The van der Waals surface area contributed by atoms with Crippen molar-refractivity contribution in [3.63, 3.8) is 0 Å². The number of sulfone groups is 1. The third kappa shape index (κ3) is 2.38. The van der Waals surface area contributed by atoms with Gasteiger partial charge in [0.25, 0.3) is 0 Å². The molecule has 0 bridgehead atoms. The molecule has 1 aromatic rings. The highest BCUT2D eigenvalue weighted by Crippen LogP contribution is 2.45. The molecule has 1 fully saturated rings. The molecule has 0 heterocycles. The maximum atomic E-state index is 12.1. The van der Waals surface area contributed by atoms with Crippen molar-refractivity contribution in [3.05, 3.63) is 30.3 Å². The van der Waals surface area contributed by atoms with E-state index in [1.807, 2.05) is 13.8 Å². The quantitative estimate of drug-likeness (QED) is 0.896. The van der Waals surface area contributed by atoms with Gasteiger partial charge in [0.1, 0.15) is 0 Å². The van der Waals surface area contributed by atoms with Crippen LogP contribution in [-0.2, 0) is 9.84 Å². The molecule has 0 radical (unpaired) electrons. The van der Waals surface area contributed by atoms with E-state index in [0.717, 1.165) is 6.42 Å². The van der Waals surface area contributed by atoms with E-state index in [4.69, 9.17) is 0 Å². The van der Waals surface area contributed by atoms with Crippen LogP contribution in [0.1, 0.15) is 20.3 Å². The van der Waals surface area contributed by atoms with Gasteiger partial charge >= 0.3 is 0 Å². The molecule has 4 heteroatoms. The monoisotopic (exact) mass is 254 g/mol. The van der Waals surface area contributed by atoms with Gasteiger partial charge in [-0.25, -0.2) is 8.42 Å². The summed E-state index contributed by atoms with van der Waals surface area (Å²) in [5.41, 5.74) is -0.142. The molecule has 0 aliphatic heterocycles. The summed E-state index contributed by atoms with van der Waals surface area (Å²) in [4.78, 5) is 0.344. The van der Waals surface area contributed by atoms with Gasteiger partial charge in [-0.05, 0) is 24.0 Å². The molecule has 1 saturated carbocycles. The number of benzene rings is 1. The predicted molar refractivity (Wildman–Crippen MR) is 66.4 cm³/mol. The molecule has 2 rings (SSSR count). The average molecular weight is 254 g/mol. The van der Waals surface area contributed by atoms with E-state index in [9.17, 15) is 13.5 Å². The lowest BCUT2D eigenvalue weighted by Gasteiger charge is -2.48. The van der Waals surface area contributed by atoms with E-state index >= 15 is 0 Å². The summed E-state index contributed by atoms with van der Waals surface area (Å²) in [6.45, 7) is 3.92. The Hall–Kier alpha value is -0.870. The molecule has 0 amide bonds. The first-order valence-electron chi connectivity index (χ1n) is 5.79. The van der Waals surface area contributed by atoms with Gasteiger partial charge in [-0.1, -0.05) is 32.0 Å². The van der Waals surface area contributed by atoms with Crippen molar-refractivity contribution in [2.24, 2.45) is 11.3 Å². The number of hydrogen-bond acceptors (Lipinski definition) is 3. The van der Waals surface area contributed by atoms with Gasteiger partial charge in [0.2, 0.25) is 0 Å². The van der Waals surface area contributed by atoms with E-state index in [1.165, 1.54) is 0 Å². The third-order valence-electron chi connectivity index (χ3n) is 3.57. The lowest BCUT2D eigenvalue weighted by atomic mass is 9.62.